The Kier molecular flexibility index (Phi) is 7.83. The average Bonchev–Trinajstić information content (AvgIpc) is 3.08. The third-order valence-electron chi connectivity index (χ3n) is 6.30. The Bertz CT molecular complexity index is 1280. The number of piperidine rings is 1. The van der Waals surface area contributed by atoms with Crippen LogP contribution in [0, 0.1) is 18.2 Å². The van der Waals surface area contributed by atoms with Crippen molar-refractivity contribution in [3.63, 3.8) is 0 Å². The maximum absolute atomic E-state index is 15.7. The van der Waals surface area contributed by atoms with Crippen LogP contribution in [0.5, 0.6) is 0 Å². The minimum atomic E-state index is -3.93. The van der Waals surface area contributed by atoms with E-state index in [1.54, 1.807) is 20.8 Å². The number of esters is 1. The molecule has 3 heterocycles. The zero-order valence-corrected chi connectivity index (χ0v) is 24.1. The summed E-state index contributed by atoms with van der Waals surface area (Å²) < 4.78 is 48.3. The van der Waals surface area contributed by atoms with E-state index in [4.69, 9.17) is 4.74 Å². The molecule has 2 aromatic rings. The summed E-state index contributed by atoms with van der Waals surface area (Å²) in [6.07, 6.45) is 1.68. The predicted octanol–water partition coefficient (Wildman–Crippen LogP) is 4.27. The first-order valence-corrected chi connectivity index (χ1v) is 14.4. The van der Waals surface area contributed by atoms with Crippen molar-refractivity contribution >= 4 is 27.4 Å². The molecule has 0 amide bonds. The molecule has 3 rings (SSSR count). The summed E-state index contributed by atoms with van der Waals surface area (Å²) in [5.41, 5.74) is -1.25. The molecule has 0 saturated carbocycles. The number of ether oxygens (including phenoxy) is 1. The van der Waals surface area contributed by atoms with Crippen LogP contribution in [0.1, 0.15) is 72.7 Å². The largest absolute Gasteiger partial charge is 0.460 e. The minimum Gasteiger partial charge on any atom is -0.460 e. The molecule has 206 valence electrons. The Morgan fingerprint density at radius 3 is 2.41 bits per heavy atom. The Morgan fingerprint density at radius 2 is 1.89 bits per heavy atom. The summed E-state index contributed by atoms with van der Waals surface area (Å²) in [6, 6.07) is 2.97. The van der Waals surface area contributed by atoms with Gasteiger partial charge in [-0.1, -0.05) is 0 Å². The molecule has 0 bridgehead atoms. The molecule has 9 nitrogen and oxygen atoms in total. The lowest BCUT2D eigenvalue weighted by Crippen LogP contribution is -2.50. The van der Waals surface area contributed by atoms with E-state index in [-0.39, 0.29) is 29.5 Å². The van der Waals surface area contributed by atoms with E-state index in [9.17, 15) is 13.2 Å². The maximum Gasteiger partial charge on any atom is 0.313 e. The van der Waals surface area contributed by atoms with Gasteiger partial charge in [-0.2, -0.15) is 5.10 Å². The smallest absolute Gasteiger partial charge is 0.313 e. The number of carbonyl (C=O) groups is 1. The molecular weight excluding hydrogens is 497 g/mol. The number of pyridine rings is 1. The summed E-state index contributed by atoms with van der Waals surface area (Å²) in [5, 5.41) is 10.9. The van der Waals surface area contributed by atoms with Gasteiger partial charge in [0.1, 0.15) is 16.3 Å². The van der Waals surface area contributed by atoms with Gasteiger partial charge in [-0.25, -0.2) is 17.8 Å². The first kappa shape index (κ1) is 29.0. The normalized spacial score (nSPS) is 21.1. The molecule has 1 fully saturated rings. The fraction of sp³-hybridized carbons (Fsp3) is 0.654. The number of hydrogen-bond acceptors (Lipinski definition) is 8. The van der Waals surface area contributed by atoms with Crippen LogP contribution in [0.25, 0.3) is 0 Å². The SMILES string of the molecule is Cc1cc(Nc2cc(S(C)(=O)=O)c(F)c(C[C@@]3(C(=O)OC(C)(C)C)CCN[C@H](C)C3)n2)nn1C(C)(C)C. The fourth-order valence-corrected chi connectivity index (χ4v) is 5.57. The molecule has 1 aliphatic rings. The molecule has 0 aliphatic carbocycles. The van der Waals surface area contributed by atoms with Crippen molar-refractivity contribution in [2.75, 3.05) is 18.1 Å². The van der Waals surface area contributed by atoms with E-state index in [0.717, 1.165) is 11.9 Å². The van der Waals surface area contributed by atoms with E-state index in [1.165, 1.54) is 6.07 Å². The van der Waals surface area contributed by atoms with E-state index < -0.39 is 37.5 Å². The number of hydrogen-bond donors (Lipinski definition) is 2. The van der Waals surface area contributed by atoms with Gasteiger partial charge in [-0.3, -0.25) is 9.48 Å². The van der Waals surface area contributed by atoms with Crippen LogP contribution in [0.4, 0.5) is 16.0 Å². The third-order valence-corrected chi connectivity index (χ3v) is 7.40. The topological polar surface area (TPSA) is 115 Å². The molecule has 1 aliphatic heterocycles. The van der Waals surface area contributed by atoms with Gasteiger partial charge >= 0.3 is 5.97 Å². The van der Waals surface area contributed by atoms with E-state index in [2.05, 4.69) is 20.7 Å². The molecule has 0 spiro atoms. The number of sulfone groups is 1. The van der Waals surface area contributed by atoms with Gasteiger partial charge in [-0.15, -0.1) is 0 Å². The van der Waals surface area contributed by atoms with Crippen LogP contribution in [0.15, 0.2) is 17.0 Å². The second-order valence-corrected chi connectivity index (χ2v) is 14.2. The van der Waals surface area contributed by atoms with Gasteiger partial charge in [0, 0.05) is 36.5 Å². The number of carbonyl (C=O) groups excluding carboxylic acids is 1. The number of aryl methyl sites for hydroxylation is 1. The molecule has 1 saturated heterocycles. The van der Waals surface area contributed by atoms with Gasteiger partial charge in [0.05, 0.1) is 16.6 Å². The molecule has 11 heteroatoms. The quantitative estimate of drug-likeness (QED) is 0.525. The van der Waals surface area contributed by atoms with E-state index in [0.29, 0.717) is 25.2 Å². The molecule has 0 unspecified atom stereocenters. The Balaban J connectivity index is 2.09. The molecule has 37 heavy (non-hydrogen) atoms. The number of anilines is 2. The van der Waals surface area contributed by atoms with Crippen molar-refractivity contribution in [2.24, 2.45) is 5.41 Å². The Morgan fingerprint density at radius 1 is 1.24 bits per heavy atom. The van der Waals surface area contributed by atoms with E-state index in [1.807, 2.05) is 45.4 Å². The lowest BCUT2D eigenvalue weighted by atomic mass is 9.72. The molecule has 0 aromatic carbocycles. The number of nitrogens with one attached hydrogen (secondary N) is 2. The summed E-state index contributed by atoms with van der Waals surface area (Å²) >= 11 is 0. The van der Waals surface area contributed by atoms with Crippen molar-refractivity contribution in [3.8, 4) is 0 Å². The Hall–Kier alpha value is -2.53. The van der Waals surface area contributed by atoms with Gasteiger partial charge in [0.2, 0.25) is 0 Å². The van der Waals surface area contributed by atoms with Gasteiger partial charge < -0.3 is 15.4 Å². The summed E-state index contributed by atoms with van der Waals surface area (Å²) in [5.74, 6) is -0.794. The standard InChI is InChI=1S/C26H40FN5O4S/c1-16-14-26(10-11-28-16,23(33)36-25(6,7)8)15-18-22(27)19(37(9,34)35)13-20(29-18)30-21-12-17(2)32(31-21)24(3,4)5/h12-13,16,28H,10-11,14-15H2,1-9H3,(H,29,30,31)/t16-,26-/m1/s1. The van der Waals surface area contributed by atoms with Crippen molar-refractivity contribution in [1.29, 1.82) is 0 Å². The van der Waals surface area contributed by atoms with Crippen molar-refractivity contribution in [1.82, 2.24) is 20.1 Å². The second-order valence-electron chi connectivity index (χ2n) is 12.2. The molecule has 2 atom stereocenters. The first-order chi connectivity index (χ1) is 16.8. The zero-order valence-electron chi connectivity index (χ0n) is 23.3. The van der Waals surface area contributed by atoms with Gasteiger partial charge in [0.25, 0.3) is 0 Å². The predicted molar refractivity (Wildman–Crippen MR) is 141 cm³/mol. The highest BCUT2D eigenvalue weighted by Gasteiger charge is 2.46. The summed E-state index contributed by atoms with van der Waals surface area (Å²) in [6.45, 7) is 15.8. The maximum atomic E-state index is 15.7. The van der Waals surface area contributed by atoms with Gasteiger partial charge in [-0.05, 0) is 74.8 Å². The number of aromatic nitrogens is 3. The minimum absolute atomic E-state index is 0.00986. The lowest BCUT2D eigenvalue weighted by Gasteiger charge is -2.40. The fourth-order valence-electron chi connectivity index (χ4n) is 4.80. The first-order valence-electron chi connectivity index (χ1n) is 12.5. The lowest BCUT2D eigenvalue weighted by molar-refractivity contribution is -0.170. The number of nitrogens with zero attached hydrogens (tertiary/aromatic N) is 3. The van der Waals surface area contributed by atoms with Crippen molar-refractivity contribution < 1.29 is 22.3 Å². The average molecular weight is 538 g/mol. The Labute approximate surface area is 219 Å². The van der Waals surface area contributed by atoms with Crippen LogP contribution in [0.3, 0.4) is 0 Å². The molecule has 0 radical (unpaired) electrons. The third kappa shape index (κ3) is 6.87. The van der Waals surface area contributed by atoms with Crippen LogP contribution in [0.2, 0.25) is 0 Å². The van der Waals surface area contributed by atoms with Crippen molar-refractivity contribution in [2.45, 2.75) is 96.7 Å². The highest BCUT2D eigenvalue weighted by molar-refractivity contribution is 7.90. The van der Waals surface area contributed by atoms with E-state index >= 15 is 4.39 Å². The highest BCUT2D eigenvalue weighted by atomic mass is 32.2. The van der Waals surface area contributed by atoms with Crippen LogP contribution >= 0.6 is 0 Å². The monoisotopic (exact) mass is 537 g/mol. The highest BCUT2D eigenvalue weighted by Crippen LogP contribution is 2.39. The summed E-state index contributed by atoms with van der Waals surface area (Å²) in [4.78, 5) is 17.4. The van der Waals surface area contributed by atoms with Gasteiger partial charge in [0.15, 0.2) is 21.5 Å². The molecule has 2 aromatic heterocycles. The zero-order chi connectivity index (χ0) is 28.0. The molecule has 2 N–H and O–H groups in total. The molecular formula is C26H40FN5O4S. The van der Waals surface area contributed by atoms with Crippen LogP contribution < -0.4 is 10.6 Å². The second kappa shape index (κ2) is 9.98. The number of halogens is 1. The summed E-state index contributed by atoms with van der Waals surface area (Å²) in [7, 11) is -3.93. The number of rotatable bonds is 6. The van der Waals surface area contributed by atoms with Crippen molar-refractivity contribution in [3.05, 3.63) is 29.3 Å². The van der Waals surface area contributed by atoms with Crippen LogP contribution in [-0.4, -0.2) is 53.6 Å². The van der Waals surface area contributed by atoms with Crippen LogP contribution in [-0.2, 0) is 31.3 Å².